The summed E-state index contributed by atoms with van der Waals surface area (Å²) in [7, 11) is 0. The fraction of sp³-hybridized carbons (Fsp3) is 0.900. The van der Waals surface area contributed by atoms with E-state index in [1.165, 1.54) is 12.8 Å². The van der Waals surface area contributed by atoms with Gasteiger partial charge in [0, 0.05) is 6.42 Å². The van der Waals surface area contributed by atoms with Crippen molar-refractivity contribution in [2.45, 2.75) is 83.3 Å². The fourth-order valence-electron chi connectivity index (χ4n) is 6.30. The van der Waals surface area contributed by atoms with Gasteiger partial charge in [0.15, 0.2) is 0 Å². The molecule has 1 unspecified atom stereocenters. The Morgan fingerprint density at radius 1 is 1.14 bits per heavy atom. The molecule has 0 aromatic carbocycles. The van der Waals surface area contributed by atoms with E-state index in [1.807, 2.05) is 6.92 Å². The van der Waals surface area contributed by atoms with Gasteiger partial charge in [-0.3, -0.25) is 0 Å². The third-order valence-corrected chi connectivity index (χ3v) is 7.59. The number of fused-ring (bicyclic) bond motifs is 3. The molecule has 0 bridgehead atoms. The standard InChI is InChI=1S/C20H32O2/c1-4-5-6-18-16-8-7-14-13-15(21)9-11-19(14,2)17(16)10-12-20(18,3)22/h1,14-18,21-22H,5-13H2,2-3H3/t14-,15-,16+,17-,18-,19-,20?/m0/s1. The van der Waals surface area contributed by atoms with Crippen LogP contribution in [0.25, 0.3) is 0 Å². The zero-order valence-corrected chi connectivity index (χ0v) is 14.2. The average Bonchev–Trinajstić information content (AvgIpc) is 2.46. The summed E-state index contributed by atoms with van der Waals surface area (Å²) in [5.74, 6) is 5.13. The second-order valence-electron chi connectivity index (χ2n) is 8.72. The normalized spacial score (nSPS) is 51.5. The molecule has 0 radical (unpaired) electrons. The van der Waals surface area contributed by atoms with E-state index in [2.05, 4.69) is 12.8 Å². The molecule has 0 aromatic rings. The van der Waals surface area contributed by atoms with E-state index in [9.17, 15) is 10.2 Å². The fourth-order valence-corrected chi connectivity index (χ4v) is 6.30. The number of rotatable bonds is 2. The first-order valence-electron chi connectivity index (χ1n) is 9.22. The van der Waals surface area contributed by atoms with Gasteiger partial charge in [-0.2, -0.15) is 0 Å². The molecule has 0 aromatic heterocycles. The van der Waals surface area contributed by atoms with Crippen molar-refractivity contribution in [3.63, 3.8) is 0 Å². The van der Waals surface area contributed by atoms with Gasteiger partial charge in [0.2, 0.25) is 0 Å². The molecule has 0 heterocycles. The molecule has 2 N–H and O–H groups in total. The van der Waals surface area contributed by atoms with Crippen molar-refractivity contribution in [3.8, 4) is 12.3 Å². The smallest absolute Gasteiger partial charge is 0.0651 e. The van der Waals surface area contributed by atoms with Gasteiger partial charge >= 0.3 is 0 Å². The zero-order chi connectivity index (χ0) is 16.0. The predicted molar refractivity (Wildman–Crippen MR) is 89.1 cm³/mol. The average molecular weight is 304 g/mol. The molecular weight excluding hydrogens is 272 g/mol. The third kappa shape index (κ3) is 2.61. The predicted octanol–water partition coefficient (Wildman–Crippen LogP) is 3.75. The lowest BCUT2D eigenvalue weighted by Crippen LogP contribution is -2.56. The second-order valence-corrected chi connectivity index (χ2v) is 8.72. The monoisotopic (exact) mass is 304 g/mol. The van der Waals surface area contributed by atoms with Crippen LogP contribution in [0.1, 0.15) is 71.6 Å². The lowest BCUT2D eigenvalue weighted by Gasteiger charge is -2.60. The Morgan fingerprint density at radius 3 is 2.64 bits per heavy atom. The molecule has 3 saturated carbocycles. The first-order valence-corrected chi connectivity index (χ1v) is 9.22. The molecule has 3 rings (SSSR count). The molecule has 0 spiro atoms. The summed E-state index contributed by atoms with van der Waals surface area (Å²) in [5, 5.41) is 21.0. The minimum Gasteiger partial charge on any atom is -0.393 e. The number of aliphatic hydroxyl groups excluding tert-OH is 1. The van der Waals surface area contributed by atoms with Crippen LogP contribution < -0.4 is 0 Å². The van der Waals surface area contributed by atoms with Gasteiger partial charge in [0.1, 0.15) is 0 Å². The molecule has 0 saturated heterocycles. The van der Waals surface area contributed by atoms with Crippen LogP contribution in [-0.4, -0.2) is 21.9 Å². The number of hydrogen-bond donors (Lipinski definition) is 2. The molecular formula is C20H32O2. The van der Waals surface area contributed by atoms with Crippen LogP contribution in [0.5, 0.6) is 0 Å². The minimum atomic E-state index is -0.546. The molecule has 0 amide bonds. The molecule has 3 fully saturated rings. The zero-order valence-electron chi connectivity index (χ0n) is 14.2. The Kier molecular flexibility index (Phi) is 4.34. The Balaban J connectivity index is 1.84. The highest BCUT2D eigenvalue weighted by Crippen LogP contribution is 2.61. The Labute approximate surface area is 135 Å². The van der Waals surface area contributed by atoms with E-state index in [-0.39, 0.29) is 6.10 Å². The largest absolute Gasteiger partial charge is 0.393 e. The molecule has 3 aliphatic carbocycles. The molecule has 2 heteroatoms. The second kappa shape index (κ2) is 5.84. The van der Waals surface area contributed by atoms with Gasteiger partial charge in [0.25, 0.3) is 0 Å². The van der Waals surface area contributed by atoms with Crippen LogP contribution in [0.3, 0.4) is 0 Å². The van der Waals surface area contributed by atoms with Gasteiger partial charge in [0.05, 0.1) is 11.7 Å². The number of aliphatic hydroxyl groups is 2. The van der Waals surface area contributed by atoms with E-state index < -0.39 is 5.60 Å². The maximum Gasteiger partial charge on any atom is 0.0651 e. The summed E-state index contributed by atoms with van der Waals surface area (Å²) in [6.45, 7) is 4.50. The maximum absolute atomic E-state index is 10.9. The van der Waals surface area contributed by atoms with Crippen LogP contribution in [0.2, 0.25) is 0 Å². The molecule has 22 heavy (non-hydrogen) atoms. The van der Waals surface area contributed by atoms with Crippen molar-refractivity contribution in [1.82, 2.24) is 0 Å². The Bertz CT molecular complexity index is 449. The van der Waals surface area contributed by atoms with E-state index in [0.29, 0.717) is 29.1 Å². The van der Waals surface area contributed by atoms with Crippen LogP contribution in [0.15, 0.2) is 0 Å². The Hall–Kier alpha value is -0.520. The van der Waals surface area contributed by atoms with E-state index in [0.717, 1.165) is 44.9 Å². The van der Waals surface area contributed by atoms with E-state index in [1.54, 1.807) is 0 Å². The molecule has 0 aliphatic heterocycles. The maximum atomic E-state index is 10.9. The van der Waals surface area contributed by atoms with Crippen molar-refractivity contribution < 1.29 is 10.2 Å². The van der Waals surface area contributed by atoms with Crippen molar-refractivity contribution in [2.75, 3.05) is 0 Å². The van der Waals surface area contributed by atoms with Crippen molar-refractivity contribution in [3.05, 3.63) is 0 Å². The van der Waals surface area contributed by atoms with Gasteiger partial charge in [-0.25, -0.2) is 0 Å². The molecule has 2 nitrogen and oxygen atoms in total. The summed E-state index contributed by atoms with van der Waals surface area (Å²) in [6.07, 6.45) is 14.7. The SMILES string of the molecule is C#CCC[C@H]1[C@@H]2CC[C@H]3C[C@@H](O)CC[C@]3(C)[C@H]2CCC1(C)O. The quantitative estimate of drug-likeness (QED) is 0.763. The van der Waals surface area contributed by atoms with Crippen molar-refractivity contribution in [1.29, 1.82) is 0 Å². The first kappa shape index (κ1) is 16.3. The third-order valence-electron chi connectivity index (χ3n) is 7.59. The van der Waals surface area contributed by atoms with Gasteiger partial charge in [-0.1, -0.05) is 6.92 Å². The summed E-state index contributed by atoms with van der Waals surface area (Å²) >= 11 is 0. The van der Waals surface area contributed by atoms with Gasteiger partial charge in [-0.15, -0.1) is 12.3 Å². The lowest BCUT2D eigenvalue weighted by atomic mass is 9.46. The van der Waals surface area contributed by atoms with Crippen LogP contribution in [0, 0.1) is 41.4 Å². The number of hydrogen-bond acceptors (Lipinski definition) is 2. The summed E-state index contributed by atoms with van der Waals surface area (Å²) < 4.78 is 0. The minimum absolute atomic E-state index is 0.0847. The molecule has 3 aliphatic rings. The molecule has 7 atom stereocenters. The first-order chi connectivity index (χ1) is 10.4. The van der Waals surface area contributed by atoms with Crippen molar-refractivity contribution >= 4 is 0 Å². The topological polar surface area (TPSA) is 40.5 Å². The summed E-state index contributed by atoms with van der Waals surface area (Å²) in [6, 6.07) is 0. The summed E-state index contributed by atoms with van der Waals surface area (Å²) in [4.78, 5) is 0. The van der Waals surface area contributed by atoms with E-state index >= 15 is 0 Å². The van der Waals surface area contributed by atoms with E-state index in [4.69, 9.17) is 6.42 Å². The molecule has 124 valence electrons. The Morgan fingerprint density at radius 2 is 1.91 bits per heavy atom. The summed E-state index contributed by atoms with van der Waals surface area (Å²) in [5.41, 5.74) is -0.178. The van der Waals surface area contributed by atoms with Gasteiger partial charge < -0.3 is 10.2 Å². The van der Waals surface area contributed by atoms with Crippen LogP contribution >= 0.6 is 0 Å². The van der Waals surface area contributed by atoms with Crippen LogP contribution in [0.4, 0.5) is 0 Å². The lowest BCUT2D eigenvalue weighted by molar-refractivity contribution is -0.156. The van der Waals surface area contributed by atoms with Crippen LogP contribution in [-0.2, 0) is 0 Å². The van der Waals surface area contributed by atoms with Gasteiger partial charge in [-0.05, 0) is 87.4 Å². The highest BCUT2D eigenvalue weighted by molar-refractivity contribution is 5.06. The highest BCUT2D eigenvalue weighted by Gasteiger charge is 2.56. The van der Waals surface area contributed by atoms with Crippen molar-refractivity contribution in [2.24, 2.45) is 29.1 Å². The number of terminal acetylenes is 1. The highest BCUT2D eigenvalue weighted by atomic mass is 16.3.